The summed E-state index contributed by atoms with van der Waals surface area (Å²) in [6.07, 6.45) is 8.68. The van der Waals surface area contributed by atoms with E-state index in [1.54, 1.807) is 19.3 Å². The highest BCUT2D eigenvalue weighted by molar-refractivity contribution is 14.1. The minimum absolute atomic E-state index is 0.142. The standard InChI is InChI=1S/C16H15I2O6P.2C12H14N2O2/c1-22-14-6-5-10(9-15(14)24-25(19,20)21)3-4-11-7-12(17)16(23-2)13(18)8-11;2*1-16-12(15)10(13)6-8-7-14-11-5-3-2-4-9(8)11/h3-9H,1-2H3,(H2,19,20,21);2*2-5,7,10,14H,6,13H2,1H3/b4-3-;;/t;2*10-/m.00/s1. The molecule has 302 valence electrons. The molecule has 0 fully saturated rings. The first-order valence-corrected chi connectivity index (χ1v) is 20.8. The van der Waals surface area contributed by atoms with E-state index in [2.05, 4.69) is 80.6 Å². The maximum absolute atomic E-state index is 11.3. The Labute approximate surface area is 356 Å². The minimum atomic E-state index is -5.17. The lowest BCUT2D eigenvalue weighted by atomic mass is 10.1. The van der Waals surface area contributed by atoms with Gasteiger partial charge in [-0.25, -0.2) is 9.59 Å². The van der Waals surface area contributed by atoms with Crippen LogP contribution in [0.4, 0.5) is 0 Å². The molecule has 2 atom stereocenters. The molecule has 0 aliphatic carbocycles. The number of phosphoric ester groups is 1. The summed E-state index contributed by atoms with van der Waals surface area (Å²) in [5.74, 6) is 0.296. The number of hydrogen-bond donors (Lipinski definition) is 4. The van der Waals surface area contributed by atoms with Crippen LogP contribution >= 0.6 is 53.0 Å². The lowest BCUT2D eigenvalue weighted by molar-refractivity contribution is -0.407. The maximum atomic E-state index is 11.3. The molecule has 2 heterocycles. The number of methoxy groups -OCH3 is 4. The van der Waals surface area contributed by atoms with Crippen molar-refractivity contribution in [2.24, 2.45) is 0 Å². The monoisotopic (exact) mass is 1020 g/mol. The Balaban J connectivity index is 0.000000197. The first-order valence-electron chi connectivity index (χ1n) is 17.2. The number of quaternary nitrogens is 2. The Hall–Kier alpha value is -4.43. The van der Waals surface area contributed by atoms with Gasteiger partial charge >= 0.3 is 11.9 Å². The van der Waals surface area contributed by atoms with Crippen LogP contribution in [0.25, 0.3) is 34.0 Å². The Morgan fingerprint density at radius 2 is 1.18 bits per heavy atom. The summed E-state index contributed by atoms with van der Waals surface area (Å²) in [5.41, 5.74) is 13.6. The van der Waals surface area contributed by atoms with E-state index in [1.807, 2.05) is 79.1 Å². The smallest absolute Gasteiger partial charge is 0.364 e. The van der Waals surface area contributed by atoms with Gasteiger partial charge in [-0.3, -0.25) is 0 Å². The third kappa shape index (κ3) is 13.0. The fourth-order valence-corrected chi connectivity index (χ4v) is 8.32. The summed E-state index contributed by atoms with van der Waals surface area (Å²) in [7, 11) is 0.587. The maximum Gasteiger partial charge on any atom is 0.364 e. The largest absolute Gasteiger partial charge is 0.780 e. The molecular weight excluding hydrogens is 981 g/mol. The van der Waals surface area contributed by atoms with Gasteiger partial charge in [0.25, 0.3) is 0 Å². The number of phosphoric acid groups is 1. The molecule has 17 heteroatoms. The van der Waals surface area contributed by atoms with Crippen LogP contribution in [-0.4, -0.2) is 62.4 Å². The van der Waals surface area contributed by atoms with Gasteiger partial charge in [0.2, 0.25) is 0 Å². The van der Waals surface area contributed by atoms with Gasteiger partial charge in [0.05, 0.1) is 35.6 Å². The van der Waals surface area contributed by atoms with Crippen molar-refractivity contribution >= 4 is 98.9 Å². The normalized spacial score (nSPS) is 12.2. The fraction of sp³-hybridized carbons (Fsp3) is 0.200. The van der Waals surface area contributed by atoms with Gasteiger partial charge in [0, 0.05) is 47.0 Å². The van der Waals surface area contributed by atoms with Crippen LogP contribution in [-0.2, 0) is 36.5 Å². The lowest BCUT2D eigenvalue weighted by Crippen LogP contribution is -2.66. The summed E-state index contributed by atoms with van der Waals surface area (Å²) in [6.45, 7) is 0. The quantitative estimate of drug-likeness (QED) is 0.0589. The SMILES string of the molecule is COC(=O)[C@@H]([NH3+])Cc1c[nH]c2ccccc12.COC(=O)[C@@H]([NH3+])Cc1c[nH]c2ccccc12.COc1ccc(/C=C\c2cc(I)c(OC)c(I)c2)cc1OP(=O)([O-])[O-]. The molecule has 0 amide bonds. The molecule has 8 N–H and O–H groups in total. The second-order valence-corrected chi connectivity index (χ2v) is 15.8. The van der Waals surface area contributed by atoms with E-state index in [0.717, 1.165) is 51.4 Å². The van der Waals surface area contributed by atoms with Gasteiger partial charge in [-0.05, 0) is 104 Å². The summed E-state index contributed by atoms with van der Waals surface area (Å²) < 4.78 is 36.9. The van der Waals surface area contributed by atoms with Gasteiger partial charge in [0.15, 0.2) is 23.6 Å². The number of carbonyl (C=O) groups excluding carboxylic acids is 2. The van der Waals surface area contributed by atoms with Crippen molar-refractivity contribution in [2.45, 2.75) is 24.9 Å². The number of ether oxygens (including phenoxy) is 4. The van der Waals surface area contributed by atoms with Crippen molar-refractivity contribution in [3.8, 4) is 17.2 Å². The predicted octanol–water partition coefficient (Wildman–Crippen LogP) is 4.28. The van der Waals surface area contributed by atoms with E-state index in [1.165, 1.54) is 33.5 Å². The number of hydrogen-bond acceptors (Lipinski definition) is 10. The van der Waals surface area contributed by atoms with E-state index in [4.69, 9.17) is 9.47 Å². The zero-order chi connectivity index (χ0) is 41.7. The molecular formula is C40H43I2N4O10P. The van der Waals surface area contributed by atoms with Crippen molar-refractivity contribution in [3.63, 3.8) is 0 Å². The van der Waals surface area contributed by atoms with Crippen LogP contribution in [0.5, 0.6) is 17.2 Å². The van der Waals surface area contributed by atoms with Crippen molar-refractivity contribution in [2.75, 3.05) is 28.4 Å². The van der Waals surface area contributed by atoms with Gasteiger partial charge < -0.3 is 59.3 Å². The third-order valence-corrected chi connectivity index (χ3v) is 10.5. The number of benzene rings is 4. The first-order chi connectivity index (χ1) is 27.2. The molecule has 0 saturated carbocycles. The summed E-state index contributed by atoms with van der Waals surface area (Å²) in [5, 5.41) is 2.28. The molecule has 57 heavy (non-hydrogen) atoms. The zero-order valence-corrected chi connectivity index (χ0v) is 36.8. The van der Waals surface area contributed by atoms with Gasteiger partial charge in [-0.2, -0.15) is 0 Å². The number of halogens is 2. The summed E-state index contributed by atoms with van der Waals surface area (Å²) in [6, 6.07) is 23.9. The van der Waals surface area contributed by atoms with Crippen LogP contribution in [0.15, 0.2) is 91.3 Å². The Kier molecular flexibility index (Phi) is 17.0. The third-order valence-electron chi connectivity index (χ3n) is 8.44. The molecule has 0 unspecified atom stereocenters. The van der Waals surface area contributed by atoms with E-state index < -0.39 is 7.82 Å². The highest BCUT2D eigenvalue weighted by atomic mass is 127. The van der Waals surface area contributed by atoms with Crippen LogP contribution in [0, 0.1) is 7.14 Å². The molecule has 4 aromatic carbocycles. The number of aromatic amines is 2. The molecule has 2 aromatic heterocycles. The fourth-order valence-electron chi connectivity index (χ4n) is 5.68. The second-order valence-electron chi connectivity index (χ2n) is 12.4. The average Bonchev–Trinajstić information content (AvgIpc) is 3.80. The van der Waals surface area contributed by atoms with E-state index in [9.17, 15) is 23.9 Å². The van der Waals surface area contributed by atoms with Crippen molar-refractivity contribution in [3.05, 3.63) is 121 Å². The number of H-pyrrole nitrogens is 2. The number of nitrogens with one attached hydrogen (secondary N) is 2. The Bertz CT molecular complexity index is 2260. The number of para-hydroxylation sites is 2. The molecule has 0 bridgehead atoms. The van der Waals surface area contributed by atoms with Crippen LogP contribution in [0.2, 0.25) is 0 Å². The molecule has 0 radical (unpaired) electrons. The van der Waals surface area contributed by atoms with Crippen LogP contribution in [0.1, 0.15) is 22.3 Å². The Morgan fingerprint density at radius 3 is 1.61 bits per heavy atom. The van der Waals surface area contributed by atoms with Crippen molar-refractivity contribution in [1.29, 1.82) is 0 Å². The molecule has 14 nitrogen and oxygen atoms in total. The first kappa shape index (κ1) is 45.3. The van der Waals surface area contributed by atoms with Gasteiger partial charge in [-0.15, -0.1) is 0 Å². The van der Waals surface area contributed by atoms with E-state index >= 15 is 0 Å². The molecule has 6 aromatic rings. The number of carbonyl (C=O) groups is 2. The van der Waals surface area contributed by atoms with E-state index in [0.29, 0.717) is 18.4 Å². The molecule has 0 aliphatic rings. The predicted molar refractivity (Wildman–Crippen MR) is 230 cm³/mol. The summed E-state index contributed by atoms with van der Waals surface area (Å²) >= 11 is 4.39. The van der Waals surface area contributed by atoms with E-state index in [-0.39, 0.29) is 35.5 Å². The number of fused-ring (bicyclic) bond motifs is 2. The number of esters is 2. The van der Waals surface area contributed by atoms with Crippen LogP contribution in [0.3, 0.4) is 0 Å². The minimum Gasteiger partial charge on any atom is -0.780 e. The number of rotatable bonds is 12. The highest BCUT2D eigenvalue weighted by Crippen LogP contribution is 2.37. The molecule has 6 rings (SSSR count). The molecule has 0 aliphatic heterocycles. The lowest BCUT2D eigenvalue weighted by Gasteiger charge is -2.29. The highest BCUT2D eigenvalue weighted by Gasteiger charge is 2.21. The topological polar surface area (TPSA) is 230 Å². The van der Waals surface area contributed by atoms with Crippen molar-refractivity contribution in [1.82, 2.24) is 9.97 Å². The average molecular weight is 1020 g/mol. The molecule has 0 saturated heterocycles. The zero-order valence-electron chi connectivity index (χ0n) is 31.6. The number of aromatic nitrogens is 2. The second kappa shape index (κ2) is 21.4. The van der Waals surface area contributed by atoms with Gasteiger partial charge in [-0.1, -0.05) is 54.6 Å². The summed E-state index contributed by atoms with van der Waals surface area (Å²) in [4.78, 5) is 50.6. The Morgan fingerprint density at radius 1 is 0.702 bits per heavy atom. The van der Waals surface area contributed by atoms with Crippen LogP contribution < -0.4 is 35.3 Å². The van der Waals surface area contributed by atoms with Gasteiger partial charge in [0.1, 0.15) is 13.6 Å². The molecule has 0 spiro atoms. The van der Waals surface area contributed by atoms with Crippen molar-refractivity contribution < 1.29 is 58.9 Å².